The van der Waals surface area contributed by atoms with E-state index < -0.39 is 54.8 Å². The molecule has 0 saturated heterocycles. The van der Waals surface area contributed by atoms with Gasteiger partial charge in [-0.05, 0) is 0 Å². The highest BCUT2D eigenvalue weighted by atomic mass is 19.4. The summed E-state index contributed by atoms with van der Waals surface area (Å²) in [5, 5.41) is 24.1. The summed E-state index contributed by atoms with van der Waals surface area (Å²) in [5.41, 5.74) is 5.01. The molecular formula is C12H18F3N5O8. The number of aliphatic carboxylic acids is 2. The number of carboxylic acids is 2. The Labute approximate surface area is 154 Å². The Kier molecular flexibility index (Phi) is 13.1. The lowest BCUT2D eigenvalue weighted by molar-refractivity contribution is -0.192. The van der Waals surface area contributed by atoms with Crippen molar-refractivity contribution in [2.75, 3.05) is 32.7 Å². The number of nitrogens with two attached hydrogens (primary N) is 1. The maximum absolute atomic E-state index is 11.3. The van der Waals surface area contributed by atoms with Gasteiger partial charge in [-0.2, -0.15) is 13.2 Å². The Balaban J connectivity index is 0. The molecule has 0 bridgehead atoms. The first kappa shape index (κ1) is 26.8. The second-order valence-corrected chi connectivity index (χ2v) is 4.51. The molecule has 0 atom stereocenters. The number of carbonyl (C=O) groups is 6. The van der Waals surface area contributed by atoms with Gasteiger partial charge in [0.1, 0.15) is 6.54 Å². The van der Waals surface area contributed by atoms with Gasteiger partial charge in [-0.1, -0.05) is 0 Å². The molecule has 28 heavy (non-hydrogen) atoms. The van der Waals surface area contributed by atoms with E-state index in [0.717, 1.165) is 0 Å². The fourth-order valence-corrected chi connectivity index (χ4v) is 0.970. The maximum Gasteiger partial charge on any atom is 0.490 e. The highest BCUT2D eigenvalue weighted by Gasteiger charge is 2.38. The molecule has 16 heteroatoms. The molecule has 0 unspecified atom stereocenters. The normalized spacial score (nSPS) is 9.86. The smallest absolute Gasteiger partial charge is 0.480 e. The van der Waals surface area contributed by atoms with E-state index in [1.165, 1.54) is 0 Å². The Morgan fingerprint density at radius 3 is 1.21 bits per heavy atom. The molecule has 0 aromatic rings. The van der Waals surface area contributed by atoms with Crippen LogP contribution in [0.5, 0.6) is 0 Å². The van der Waals surface area contributed by atoms with Gasteiger partial charge in [0, 0.05) is 0 Å². The number of hydrogen-bond donors (Lipinski definition) is 7. The lowest BCUT2D eigenvalue weighted by atomic mass is 10.4. The van der Waals surface area contributed by atoms with Crippen LogP contribution in [0.15, 0.2) is 0 Å². The van der Waals surface area contributed by atoms with Crippen molar-refractivity contribution in [1.29, 1.82) is 0 Å². The van der Waals surface area contributed by atoms with Crippen molar-refractivity contribution in [2.45, 2.75) is 6.18 Å². The number of carbonyl (C=O) groups excluding carboxylic acids is 4. The fourth-order valence-electron chi connectivity index (χ4n) is 0.970. The predicted molar refractivity (Wildman–Crippen MR) is 82.4 cm³/mol. The molecule has 0 spiro atoms. The van der Waals surface area contributed by atoms with E-state index in [-0.39, 0.29) is 19.6 Å². The number of hydrogen-bond acceptors (Lipinski definition) is 7. The zero-order chi connectivity index (χ0) is 22.3. The Hall–Kier alpha value is -3.43. The molecule has 0 aliphatic heterocycles. The van der Waals surface area contributed by atoms with Crippen molar-refractivity contribution >= 4 is 35.6 Å². The van der Waals surface area contributed by atoms with Crippen molar-refractivity contribution in [3.8, 4) is 0 Å². The maximum atomic E-state index is 11.3. The monoisotopic (exact) mass is 417 g/mol. The third kappa shape index (κ3) is 17.4. The van der Waals surface area contributed by atoms with E-state index in [1.807, 2.05) is 5.32 Å². The Morgan fingerprint density at radius 1 is 0.679 bits per heavy atom. The van der Waals surface area contributed by atoms with Crippen LogP contribution >= 0.6 is 0 Å². The fraction of sp³-hybridized carbons (Fsp3) is 0.500. The molecule has 0 aliphatic carbocycles. The minimum absolute atomic E-state index is 0.251. The van der Waals surface area contributed by atoms with Crippen molar-refractivity contribution in [3.63, 3.8) is 0 Å². The number of alkyl halides is 3. The highest BCUT2D eigenvalue weighted by molar-refractivity contribution is 5.90. The quantitative estimate of drug-likeness (QED) is 0.195. The van der Waals surface area contributed by atoms with Crippen LogP contribution in [0.4, 0.5) is 13.2 Å². The average molecular weight is 417 g/mol. The second-order valence-electron chi connectivity index (χ2n) is 4.51. The standard InChI is InChI=1S/C10H17N5O6.C2HF3O2/c11-1-6(16)12-2-7(17)13-3-8(18)14-4-9(19)15-5-10(20)21;3-2(4,5)1(6)7/h1-5,11H2,(H,12,16)(H,13,17)(H,14,18)(H,15,19)(H,20,21);(H,6,7). The highest BCUT2D eigenvalue weighted by Crippen LogP contribution is 2.13. The summed E-state index contributed by atoms with van der Waals surface area (Å²) >= 11 is 0. The molecule has 0 aliphatic rings. The Bertz CT molecular complexity index is 596. The molecule has 0 saturated carbocycles. The molecule has 0 fully saturated rings. The average Bonchev–Trinajstić information content (AvgIpc) is 2.60. The molecule has 0 aromatic carbocycles. The third-order valence-corrected chi connectivity index (χ3v) is 2.20. The summed E-state index contributed by atoms with van der Waals surface area (Å²) in [6.45, 7) is -1.91. The first-order valence-corrected chi connectivity index (χ1v) is 7.08. The van der Waals surface area contributed by atoms with Gasteiger partial charge in [-0.25, -0.2) is 4.79 Å². The summed E-state index contributed by atoms with van der Waals surface area (Å²) in [6, 6.07) is 0. The van der Waals surface area contributed by atoms with Crippen LogP contribution in [0.2, 0.25) is 0 Å². The molecule has 13 nitrogen and oxygen atoms in total. The number of rotatable bonds is 9. The molecule has 0 aromatic heterocycles. The number of nitrogens with one attached hydrogen (secondary N) is 4. The van der Waals surface area contributed by atoms with Gasteiger partial charge in [0.2, 0.25) is 23.6 Å². The van der Waals surface area contributed by atoms with Crippen LogP contribution in [-0.2, 0) is 28.8 Å². The van der Waals surface area contributed by atoms with Crippen LogP contribution in [0.1, 0.15) is 0 Å². The van der Waals surface area contributed by atoms with Crippen molar-refractivity contribution in [2.24, 2.45) is 5.73 Å². The van der Waals surface area contributed by atoms with Gasteiger partial charge >= 0.3 is 18.1 Å². The molecule has 160 valence electrons. The van der Waals surface area contributed by atoms with Gasteiger partial charge in [0.15, 0.2) is 0 Å². The van der Waals surface area contributed by atoms with Gasteiger partial charge in [0.25, 0.3) is 0 Å². The summed E-state index contributed by atoms with van der Waals surface area (Å²) in [5.74, 6) is -6.38. The van der Waals surface area contributed by atoms with Crippen LogP contribution in [0, 0.1) is 0 Å². The van der Waals surface area contributed by atoms with E-state index in [9.17, 15) is 37.1 Å². The van der Waals surface area contributed by atoms with Gasteiger partial charge < -0.3 is 37.2 Å². The zero-order valence-electron chi connectivity index (χ0n) is 14.1. The number of halogens is 3. The van der Waals surface area contributed by atoms with E-state index in [0.29, 0.717) is 0 Å². The third-order valence-electron chi connectivity index (χ3n) is 2.20. The predicted octanol–water partition coefficient (Wildman–Crippen LogP) is -3.87. The minimum atomic E-state index is -5.08. The van der Waals surface area contributed by atoms with Gasteiger partial charge in [-0.3, -0.25) is 24.0 Å². The van der Waals surface area contributed by atoms with E-state index >= 15 is 0 Å². The van der Waals surface area contributed by atoms with E-state index in [1.54, 1.807) is 0 Å². The van der Waals surface area contributed by atoms with Crippen molar-refractivity contribution in [3.05, 3.63) is 0 Å². The van der Waals surface area contributed by atoms with Crippen LogP contribution in [0.3, 0.4) is 0 Å². The summed E-state index contributed by atoms with van der Waals surface area (Å²) < 4.78 is 31.7. The molecule has 0 heterocycles. The topological polar surface area (TPSA) is 217 Å². The van der Waals surface area contributed by atoms with Crippen LogP contribution in [-0.4, -0.2) is 84.7 Å². The first-order valence-electron chi connectivity index (χ1n) is 7.08. The lowest BCUT2D eigenvalue weighted by Crippen LogP contribution is -2.45. The van der Waals surface area contributed by atoms with Gasteiger partial charge in [0.05, 0.1) is 26.2 Å². The first-order chi connectivity index (χ1) is 12.8. The van der Waals surface area contributed by atoms with Gasteiger partial charge in [-0.15, -0.1) is 0 Å². The summed E-state index contributed by atoms with van der Waals surface area (Å²) in [7, 11) is 0. The summed E-state index contributed by atoms with van der Waals surface area (Å²) in [6.07, 6.45) is -5.08. The van der Waals surface area contributed by atoms with E-state index in [2.05, 4.69) is 16.0 Å². The second kappa shape index (κ2) is 13.7. The zero-order valence-corrected chi connectivity index (χ0v) is 14.1. The van der Waals surface area contributed by atoms with Crippen LogP contribution < -0.4 is 27.0 Å². The number of carboxylic acid groups (broad SMARTS) is 2. The molecule has 0 radical (unpaired) electrons. The lowest BCUT2D eigenvalue weighted by Gasteiger charge is -2.07. The minimum Gasteiger partial charge on any atom is -0.480 e. The van der Waals surface area contributed by atoms with Crippen LogP contribution in [0.25, 0.3) is 0 Å². The summed E-state index contributed by atoms with van der Waals surface area (Å²) in [4.78, 5) is 63.3. The SMILES string of the molecule is NCC(=O)NCC(=O)NCC(=O)NCC(=O)NCC(=O)O.O=C(O)C(F)(F)F. The van der Waals surface area contributed by atoms with Crippen molar-refractivity contribution < 1.29 is 52.2 Å². The van der Waals surface area contributed by atoms with Crippen molar-refractivity contribution in [1.82, 2.24) is 21.3 Å². The largest absolute Gasteiger partial charge is 0.490 e. The molecule has 4 amide bonds. The molecule has 0 rings (SSSR count). The number of amides is 4. The van der Waals surface area contributed by atoms with E-state index in [4.69, 9.17) is 20.7 Å². The molecular weight excluding hydrogens is 399 g/mol. The molecule has 8 N–H and O–H groups in total. The Morgan fingerprint density at radius 2 is 0.964 bits per heavy atom.